The molecule has 4 heteroatoms. The minimum absolute atomic E-state index is 0.207. The van der Waals surface area contributed by atoms with Crippen molar-refractivity contribution in [2.24, 2.45) is 0 Å². The van der Waals surface area contributed by atoms with Crippen molar-refractivity contribution in [1.82, 2.24) is 10.2 Å². The molecule has 0 spiro atoms. The average molecular weight is 186 g/mol. The molecule has 1 fully saturated rings. The number of hydrogen-bond acceptors (Lipinski definition) is 4. The smallest absolute Gasteiger partial charge is 0.131 e. The van der Waals surface area contributed by atoms with E-state index in [4.69, 9.17) is 0 Å². The van der Waals surface area contributed by atoms with E-state index in [0.717, 1.165) is 19.6 Å². The van der Waals surface area contributed by atoms with E-state index in [1.54, 1.807) is 13.8 Å². The summed E-state index contributed by atoms with van der Waals surface area (Å²) in [5.41, 5.74) is -0.797. The highest BCUT2D eigenvalue weighted by Gasteiger charge is 2.27. The van der Waals surface area contributed by atoms with E-state index in [2.05, 4.69) is 10.2 Å². The van der Waals surface area contributed by atoms with Gasteiger partial charge >= 0.3 is 0 Å². The number of nitrogens with one attached hydrogen (secondary N) is 1. The van der Waals surface area contributed by atoms with Gasteiger partial charge < -0.3 is 5.11 Å². The third-order valence-electron chi connectivity index (χ3n) is 2.25. The van der Waals surface area contributed by atoms with Crippen molar-refractivity contribution in [2.75, 3.05) is 26.2 Å². The molecule has 0 aliphatic carbocycles. The van der Waals surface area contributed by atoms with Crippen molar-refractivity contribution in [2.45, 2.75) is 26.0 Å². The second-order valence-electron chi connectivity index (χ2n) is 3.93. The topological polar surface area (TPSA) is 52.6 Å². The Morgan fingerprint density at radius 2 is 2.38 bits per heavy atom. The zero-order chi connectivity index (χ0) is 9.90. The average Bonchev–Trinajstić information content (AvgIpc) is 1.99. The van der Waals surface area contributed by atoms with Gasteiger partial charge in [-0.2, -0.15) is 0 Å². The molecule has 1 aliphatic rings. The third kappa shape index (κ3) is 3.85. The van der Waals surface area contributed by atoms with Gasteiger partial charge in [0, 0.05) is 32.6 Å². The summed E-state index contributed by atoms with van der Waals surface area (Å²) in [6.45, 7) is 6.40. The summed E-state index contributed by atoms with van der Waals surface area (Å²) >= 11 is 0. The van der Waals surface area contributed by atoms with Gasteiger partial charge in [-0.3, -0.25) is 15.0 Å². The maximum Gasteiger partial charge on any atom is 0.131 e. The molecule has 0 aromatic rings. The van der Waals surface area contributed by atoms with Crippen LogP contribution in [0.25, 0.3) is 0 Å². The van der Waals surface area contributed by atoms with Crippen molar-refractivity contribution < 1.29 is 9.90 Å². The zero-order valence-electron chi connectivity index (χ0n) is 8.34. The molecule has 1 heterocycles. The Morgan fingerprint density at radius 3 is 2.92 bits per heavy atom. The van der Waals surface area contributed by atoms with E-state index in [0.29, 0.717) is 13.0 Å². The first-order chi connectivity index (χ1) is 5.99. The van der Waals surface area contributed by atoms with E-state index in [1.165, 1.54) is 0 Å². The fourth-order valence-corrected chi connectivity index (χ4v) is 1.56. The summed E-state index contributed by atoms with van der Waals surface area (Å²) in [6.07, 6.45) is 0.579. The first-order valence-corrected chi connectivity index (χ1v) is 4.69. The molecule has 1 unspecified atom stereocenters. The van der Waals surface area contributed by atoms with Crippen LogP contribution in [0.1, 0.15) is 20.3 Å². The van der Waals surface area contributed by atoms with Gasteiger partial charge in [-0.25, -0.2) is 0 Å². The molecular weight excluding hydrogens is 168 g/mol. The molecule has 0 bridgehead atoms. The van der Waals surface area contributed by atoms with Gasteiger partial charge in [0.15, 0.2) is 0 Å². The van der Waals surface area contributed by atoms with Gasteiger partial charge in [0.25, 0.3) is 0 Å². The number of hydrogen-bond donors (Lipinski definition) is 2. The second kappa shape index (κ2) is 4.17. The van der Waals surface area contributed by atoms with Gasteiger partial charge in [0.1, 0.15) is 11.5 Å². The van der Waals surface area contributed by atoms with Gasteiger partial charge in [-0.1, -0.05) is 0 Å². The minimum atomic E-state index is -0.797. The molecule has 1 saturated heterocycles. The molecule has 76 valence electrons. The normalized spacial score (nSPS) is 30.4. The molecule has 2 N–H and O–H groups in total. The first kappa shape index (κ1) is 10.6. The van der Waals surface area contributed by atoms with Gasteiger partial charge in [-0.05, 0) is 13.8 Å². The van der Waals surface area contributed by atoms with Crippen molar-refractivity contribution in [1.29, 1.82) is 0 Å². The van der Waals surface area contributed by atoms with Gasteiger partial charge in [0.2, 0.25) is 0 Å². The molecule has 4 nitrogen and oxygen atoms in total. The number of β-amino-alcohol motifs (C(OH)–C–C–N with tert-alkyl or cyclic N) is 1. The lowest BCUT2D eigenvalue weighted by Crippen LogP contribution is -2.58. The van der Waals surface area contributed by atoms with Crippen LogP contribution in [-0.4, -0.2) is 47.7 Å². The molecule has 1 aliphatic heterocycles. The van der Waals surface area contributed by atoms with Crippen LogP contribution in [0, 0.1) is 0 Å². The van der Waals surface area contributed by atoms with E-state index in [9.17, 15) is 9.90 Å². The molecule has 1 atom stereocenters. The standard InChI is InChI=1S/C9H18N2O2/c1-8(12)3-5-11-6-4-10-9(2,13)7-11/h10,13H,3-7H2,1-2H3. The Morgan fingerprint density at radius 1 is 1.69 bits per heavy atom. The maximum atomic E-state index is 10.7. The number of carbonyl (C=O) groups excluding carboxylic acids is 1. The lowest BCUT2D eigenvalue weighted by molar-refractivity contribution is -0.117. The summed E-state index contributed by atoms with van der Waals surface area (Å²) in [7, 11) is 0. The van der Waals surface area contributed by atoms with Crippen LogP contribution < -0.4 is 5.32 Å². The zero-order valence-corrected chi connectivity index (χ0v) is 8.34. The van der Waals surface area contributed by atoms with E-state index in [-0.39, 0.29) is 5.78 Å². The minimum Gasteiger partial charge on any atom is -0.375 e. The number of aliphatic hydroxyl groups is 1. The van der Waals surface area contributed by atoms with Gasteiger partial charge in [-0.15, -0.1) is 0 Å². The molecule has 0 aromatic heterocycles. The Kier molecular flexibility index (Phi) is 3.41. The summed E-state index contributed by atoms with van der Waals surface area (Å²) in [4.78, 5) is 12.9. The first-order valence-electron chi connectivity index (χ1n) is 4.69. The third-order valence-corrected chi connectivity index (χ3v) is 2.25. The van der Waals surface area contributed by atoms with Crippen LogP contribution in [-0.2, 0) is 4.79 Å². The summed E-state index contributed by atoms with van der Waals surface area (Å²) in [6, 6.07) is 0. The molecule has 0 amide bonds. The Hall–Kier alpha value is -0.450. The highest BCUT2D eigenvalue weighted by molar-refractivity contribution is 5.75. The number of rotatable bonds is 3. The monoisotopic (exact) mass is 186 g/mol. The lowest BCUT2D eigenvalue weighted by atomic mass is 10.1. The Labute approximate surface area is 78.9 Å². The van der Waals surface area contributed by atoms with Crippen LogP contribution in [0.15, 0.2) is 0 Å². The van der Waals surface area contributed by atoms with Crippen LogP contribution >= 0.6 is 0 Å². The number of piperazine rings is 1. The van der Waals surface area contributed by atoms with Crippen LogP contribution in [0.2, 0.25) is 0 Å². The predicted octanol–water partition coefficient (Wildman–Crippen LogP) is -0.421. The summed E-state index contributed by atoms with van der Waals surface area (Å²) in [5.74, 6) is 0.207. The fourth-order valence-electron chi connectivity index (χ4n) is 1.56. The van der Waals surface area contributed by atoms with E-state index < -0.39 is 5.72 Å². The Balaban J connectivity index is 2.30. The van der Waals surface area contributed by atoms with Gasteiger partial charge in [0.05, 0.1) is 0 Å². The molecule has 0 radical (unpaired) electrons. The maximum absolute atomic E-state index is 10.7. The summed E-state index contributed by atoms with van der Waals surface area (Å²) < 4.78 is 0. The molecule has 0 aromatic carbocycles. The molecule has 0 saturated carbocycles. The van der Waals surface area contributed by atoms with Crippen molar-refractivity contribution in [3.8, 4) is 0 Å². The van der Waals surface area contributed by atoms with Crippen molar-refractivity contribution >= 4 is 5.78 Å². The molecular formula is C9H18N2O2. The quantitative estimate of drug-likeness (QED) is 0.628. The second-order valence-corrected chi connectivity index (χ2v) is 3.93. The van der Waals surface area contributed by atoms with Crippen LogP contribution in [0.5, 0.6) is 0 Å². The van der Waals surface area contributed by atoms with Crippen molar-refractivity contribution in [3.05, 3.63) is 0 Å². The Bertz CT molecular complexity index is 192. The largest absolute Gasteiger partial charge is 0.375 e. The van der Waals surface area contributed by atoms with Crippen LogP contribution in [0.3, 0.4) is 0 Å². The molecule has 1 rings (SSSR count). The number of ketones is 1. The van der Waals surface area contributed by atoms with E-state index >= 15 is 0 Å². The fraction of sp³-hybridized carbons (Fsp3) is 0.889. The molecule has 13 heavy (non-hydrogen) atoms. The predicted molar refractivity (Wildman–Crippen MR) is 50.4 cm³/mol. The number of carbonyl (C=O) groups is 1. The summed E-state index contributed by atoms with van der Waals surface area (Å²) in [5, 5.41) is 12.7. The number of Topliss-reactive ketones (excluding diaryl/α,β-unsaturated/α-hetero) is 1. The van der Waals surface area contributed by atoms with Crippen molar-refractivity contribution in [3.63, 3.8) is 0 Å². The highest BCUT2D eigenvalue weighted by atomic mass is 16.3. The van der Waals surface area contributed by atoms with E-state index in [1.807, 2.05) is 0 Å². The lowest BCUT2D eigenvalue weighted by Gasteiger charge is -2.37. The number of nitrogens with zero attached hydrogens (tertiary/aromatic N) is 1. The highest BCUT2D eigenvalue weighted by Crippen LogP contribution is 2.07. The SMILES string of the molecule is CC(=O)CCN1CCNC(C)(O)C1. The van der Waals surface area contributed by atoms with Crippen LogP contribution in [0.4, 0.5) is 0 Å².